The molecule has 2 N–H and O–H groups in total. The lowest BCUT2D eigenvalue weighted by atomic mass is 9.76. The van der Waals surface area contributed by atoms with E-state index in [2.05, 4.69) is 61.1 Å². The SMILES string of the molecule is CN1CCCC1CCNS(=O)(=O)c1cccc(NC2CC(c3cccc(Br)c3)C2)n1. The highest BCUT2D eigenvalue weighted by Crippen LogP contribution is 2.39. The fourth-order valence-electron chi connectivity index (χ4n) is 4.40. The summed E-state index contributed by atoms with van der Waals surface area (Å²) in [4.78, 5) is 6.67. The minimum Gasteiger partial charge on any atom is -0.367 e. The minimum absolute atomic E-state index is 0.0788. The molecule has 2 fully saturated rings. The molecule has 1 aromatic heterocycles. The van der Waals surface area contributed by atoms with E-state index in [0.717, 1.165) is 36.7 Å². The second kappa shape index (κ2) is 9.34. The topological polar surface area (TPSA) is 74.3 Å². The van der Waals surface area contributed by atoms with Gasteiger partial charge in [0.1, 0.15) is 5.82 Å². The Morgan fingerprint density at radius 3 is 2.73 bits per heavy atom. The normalized spacial score (nSPS) is 24.5. The summed E-state index contributed by atoms with van der Waals surface area (Å²) in [7, 11) is -1.50. The second-order valence-corrected chi connectivity index (χ2v) is 11.0. The van der Waals surface area contributed by atoms with E-state index in [0.29, 0.717) is 30.4 Å². The van der Waals surface area contributed by atoms with Crippen LogP contribution in [0.3, 0.4) is 0 Å². The number of nitrogens with zero attached hydrogens (tertiary/aromatic N) is 2. The number of rotatable bonds is 8. The van der Waals surface area contributed by atoms with Crippen LogP contribution in [-0.2, 0) is 10.0 Å². The Kier molecular flexibility index (Phi) is 6.77. The van der Waals surface area contributed by atoms with Gasteiger partial charge in [0.25, 0.3) is 10.0 Å². The zero-order chi connectivity index (χ0) is 21.1. The molecule has 0 bridgehead atoms. The van der Waals surface area contributed by atoms with Crippen molar-refractivity contribution < 1.29 is 8.42 Å². The lowest BCUT2D eigenvalue weighted by Gasteiger charge is -2.36. The molecule has 0 amide bonds. The number of benzene rings is 1. The molecule has 1 unspecified atom stereocenters. The van der Waals surface area contributed by atoms with Gasteiger partial charge in [-0.1, -0.05) is 34.1 Å². The maximum atomic E-state index is 12.7. The zero-order valence-electron chi connectivity index (χ0n) is 17.2. The van der Waals surface area contributed by atoms with Gasteiger partial charge in [0.05, 0.1) is 0 Å². The second-order valence-electron chi connectivity index (χ2n) is 8.39. The quantitative estimate of drug-likeness (QED) is 0.583. The molecular formula is C22H29BrN4O2S. The molecule has 1 saturated heterocycles. The van der Waals surface area contributed by atoms with Crippen LogP contribution in [0.25, 0.3) is 0 Å². The summed E-state index contributed by atoms with van der Waals surface area (Å²) in [5.41, 5.74) is 1.34. The highest BCUT2D eigenvalue weighted by molar-refractivity contribution is 9.10. The molecule has 1 aliphatic heterocycles. The van der Waals surface area contributed by atoms with E-state index in [1.54, 1.807) is 12.1 Å². The Bertz CT molecular complexity index is 979. The Balaban J connectivity index is 1.30. The highest BCUT2D eigenvalue weighted by atomic mass is 79.9. The van der Waals surface area contributed by atoms with Gasteiger partial charge in [-0.25, -0.2) is 18.1 Å². The lowest BCUT2D eigenvalue weighted by molar-refractivity contribution is 0.297. The molecule has 1 aromatic carbocycles. The van der Waals surface area contributed by atoms with E-state index in [1.807, 2.05) is 12.1 Å². The maximum Gasteiger partial charge on any atom is 0.258 e. The predicted octanol–water partition coefficient (Wildman–Crippen LogP) is 3.96. The van der Waals surface area contributed by atoms with Crippen LogP contribution < -0.4 is 10.0 Å². The molecule has 6 nitrogen and oxygen atoms in total. The molecule has 1 atom stereocenters. The van der Waals surface area contributed by atoms with Gasteiger partial charge >= 0.3 is 0 Å². The van der Waals surface area contributed by atoms with Crippen molar-refractivity contribution in [2.75, 3.05) is 25.5 Å². The first-order valence-electron chi connectivity index (χ1n) is 10.6. The average Bonchev–Trinajstić information content (AvgIpc) is 3.09. The highest BCUT2D eigenvalue weighted by Gasteiger charge is 2.31. The lowest BCUT2D eigenvalue weighted by Crippen LogP contribution is -2.34. The van der Waals surface area contributed by atoms with E-state index in [4.69, 9.17) is 0 Å². The van der Waals surface area contributed by atoms with Crippen molar-refractivity contribution in [3.8, 4) is 0 Å². The Hall–Kier alpha value is -1.48. The van der Waals surface area contributed by atoms with E-state index >= 15 is 0 Å². The molecule has 2 aliphatic rings. The minimum atomic E-state index is -3.60. The third-order valence-electron chi connectivity index (χ3n) is 6.25. The standard InChI is InChI=1S/C22H29BrN4O2S/c1-27-12-4-7-20(27)10-11-24-30(28,29)22-9-3-8-21(26-22)25-19-14-17(15-19)16-5-2-6-18(23)13-16/h2-3,5-6,8-9,13,17,19-20,24H,4,7,10-12,14-15H2,1H3,(H,25,26). The monoisotopic (exact) mass is 492 g/mol. The molecule has 30 heavy (non-hydrogen) atoms. The van der Waals surface area contributed by atoms with Crippen molar-refractivity contribution in [3.05, 3.63) is 52.5 Å². The van der Waals surface area contributed by atoms with Crippen LogP contribution >= 0.6 is 15.9 Å². The first-order chi connectivity index (χ1) is 14.4. The fourth-order valence-corrected chi connectivity index (χ4v) is 5.83. The maximum absolute atomic E-state index is 12.7. The number of likely N-dealkylation sites (tertiary alicyclic amines) is 1. The van der Waals surface area contributed by atoms with Crippen LogP contribution in [0.2, 0.25) is 0 Å². The summed E-state index contributed by atoms with van der Waals surface area (Å²) in [5.74, 6) is 1.15. The predicted molar refractivity (Wildman–Crippen MR) is 123 cm³/mol. The summed E-state index contributed by atoms with van der Waals surface area (Å²) in [6, 6.07) is 14.3. The van der Waals surface area contributed by atoms with E-state index in [1.165, 1.54) is 12.0 Å². The zero-order valence-corrected chi connectivity index (χ0v) is 19.6. The van der Waals surface area contributed by atoms with Gasteiger partial charge in [0.15, 0.2) is 5.03 Å². The van der Waals surface area contributed by atoms with Crippen molar-refractivity contribution in [3.63, 3.8) is 0 Å². The van der Waals surface area contributed by atoms with Gasteiger partial charge in [-0.05, 0) is 81.4 Å². The molecule has 2 aromatic rings. The number of anilines is 1. The van der Waals surface area contributed by atoms with Crippen molar-refractivity contribution in [1.82, 2.24) is 14.6 Å². The van der Waals surface area contributed by atoms with Crippen molar-refractivity contribution in [1.29, 1.82) is 0 Å². The van der Waals surface area contributed by atoms with E-state index in [9.17, 15) is 8.42 Å². The van der Waals surface area contributed by atoms with Crippen LogP contribution in [0.1, 0.15) is 43.6 Å². The van der Waals surface area contributed by atoms with Crippen molar-refractivity contribution in [2.45, 2.75) is 55.1 Å². The van der Waals surface area contributed by atoms with Gasteiger partial charge in [0.2, 0.25) is 0 Å². The van der Waals surface area contributed by atoms with E-state index in [-0.39, 0.29) is 5.03 Å². The van der Waals surface area contributed by atoms with Crippen molar-refractivity contribution in [2.24, 2.45) is 0 Å². The Morgan fingerprint density at radius 1 is 1.20 bits per heavy atom. The molecule has 0 spiro atoms. The largest absolute Gasteiger partial charge is 0.367 e. The first-order valence-corrected chi connectivity index (χ1v) is 12.9. The molecule has 1 saturated carbocycles. The number of hydrogen-bond donors (Lipinski definition) is 2. The third kappa shape index (κ3) is 5.22. The number of sulfonamides is 1. The first kappa shape index (κ1) is 21.7. The molecule has 1 aliphatic carbocycles. The summed E-state index contributed by atoms with van der Waals surface area (Å²) in [5, 5.41) is 3.47. The van der Waals surface area contributed by atoms with Crippen LogP contribution in [0, 0.1) is 0 Å². The van der Waals surface area contributed by atoms with E-state index < -0.39 is 10.0 Å². The molecular weight excluding hydrogens is 464 g/mol. The Labute approximate surface area is 187 Å². The summed E-state index contributed by atoms with van der Waals surface area (Å²) >= 11 is 3.53. The molecule has 0 radical (unpaired) electrons. The van der Waals surface area contributed by atoms with Gasteiger partial charge in [-0.2, -0.15) is 0 Å². The van der Waals surface area contributed by atoms with Crippen LogP contribution in [0.5, 0.6) is 0 Å². The third-order valence-corrected chi connectivity index (χ3v) is 8.11. The van der Waals surface area contributed by atoms with Crippen LogP contribution in [-0.4, -0.2) is 50.5 Å². The summed E-state index contributed by atoms with van der Waals surface area (Å²) in [6.45, 7) is 1.53. The smallest absolute Gasteiger partial charge is 0.258 e. The number of halogens is 1. The summed E-state index contributed by atoms with van der Waals surface area (Å²) in [6.07, 6.45) is 5.18. The summed E-state index contributed by atoms with van der Waals surface area (Å²) < 4.78 is 29.1. The molecule has 162 valence electrons. The number of nitrogens with one attached hydrogen (secondary N) is 2. The van der Waals surface area contributed by atoms with Crippen LogP contribution in [0.15, 0.2) is 52.0 Å². The van der Waals surface area contributed by atoms with Gasteiger partial charge in [-0.15, -0.1) is 0 Å². The number of pyridine rings is 1. The van der Waals surface area contributed by atoms with Crippen LogP contribution in [0.4, 0.5) is 5.82 Å². The van der Waals surface area contributed by atoms with Gasteiger partial charge < -0.3 is 10.2 Å². The molecule has 2 heterocycles. The van der Waals surface area contributed by atoms with Gasteiger partial charge in [0, 0.05) is 23.1 Å². The van der Waals surface area contributed by atoms with Gasteiger partial charge in [-0.3, -0.25) is 0 Å². The average molecular weight is 493 g/mol. The number of aromatic nitrogens is 1. The Morgan fingerprint density at radius 2 is 2.00 bits per heavy atom. The van der Waals surface area contributed by atoms with Crippen molar-refractivity contribution >= 4 is 31.8 Å². The molecule has 8 heteroatoms. The molecule has 4 rings (SSSR count). The number of hydrogen-bond acceptors (Lipinski definition) is 5. The fraction of sp³-hybridized carbons (Fsp3) is 0.500.